The fraction of sp³-hybridized carbons (Fsp3) is 0.294. The molecule has 1 aromatic heterocycles. The van der Waals surface area contributed by atoms with E-state index in [1.807, 2.05) is 23.6 Å². The molecule has 0 amide bonds. The molecule has 0 aliphatic carbocycles. The van der Waals surface area contributed by atoms with Crippen LogP contribution in [-0.2, 0) is 6.42 Å². The molecule has 3 rings (SSSR count). The third-order valence-corrected chi connectivity index (χ3v) is 4.90. The number of hydrogen-bond donors (Lipinski definition) is 2. The number of amidine groups is 1. The zero-order valence-electron chi connectivity index (χ0n) is 12.6. The number of nitrogens with one attached hydrogen (secondary N) is 1. The summed E-state index contributed by atoms with van der Waals surface area (Å²) in [7, 11) is 0. The molecule has 22 heavy (non-hydrogen) atoms. The number of hydrogen-bond acceptors (Lipinski definition) is 4. The highest BCUT2D eigenvalue weighted by atomic mass is 32.1. The number of anilines is 1. The van der Waals surface area contributed by atoms with Gasteiger partial charge in [0, 0.05) is 24.7 Å². The predicted molar refractivity (Wildman–Crippen MR) is 95.1 cm³/mol. The summed E-state index contributed by atoms with van der Waals surface area (Å²) >= 11 is 1.60. The second-order valence-corrected chi connectivity index (χ2v) is 6.47. The Morgan fingerprint density at radius 2 is 2.36 bits per heavy atom. The number of aliphatic imine (C=N–C) groups is 1. The molecule has 0 saturated carbocycles. The van der Waals surface area contributed by atoms with Crippen LogP contribution in [-0.4, -0.2) is 24.6 Å². The van der Waals surface area contributed by atoms with Gasteiger partial charge in [0.2, 0.25) is 0 Å². The molecular formula is C17H20N4S. The van der Waals surface area contributed by atoms with Crippen molar-refractivity contribution in [1.29, 1.82) is 5.41 Å². The van der Waals surface area contributed by atoms with Crippen LogP contribution in [0.1, 0.15) is 23.8 Å². The fourth-order valence-electron chi connectivity index (χ4n) is 2.86. The minimum absolute atomic E-state index is 0.365. The summed E-state index contributed by atoms with van der Waals surface area (Å²) in [5.41, 5.74) is 9.55. The van der Waals surface area contributed by atoms with Gasteiger partial charge < -0.3 is 16.0 Å². The Hall–Kier alpha value is -2.14. The number of benzene rings is 1. The van der Waals surface area contributed by atoms with Crippen LogP contribution in [0.3, 0.4) is 0 Å². The van der Waals surface area contributed by atoms with Gasteiger partial charge >= 0.3 is 0 Å². The minimum atomic E-state index is 0.365. The lowest BCUT2D eigenvalue weighted by atomic mass is 10.1. The Kier molecular flexibility index (Phi) is 4.24. The molecule has 3 N–H and O–H groups in total. The third-order valence-electron chi connectivity index (χ3n) is 4.01. The Balaban J connectivity index is 1.84. The van der Waals surface area contributed by atoms with Gasteiger partial charge in [-0.3, -0.25) is 0 Å². The summed E-state index contributed by atoms with van der Waals surface area (Å²) in [5.74, 6) is 0.571. The largest absolute Gasteiger partial charge is 0.383 e. The number of rotatable bonds is 5. The van der Waals surface area contributed by atoms with Crippen molar-refractivity contribution < 1.29 is 0 Å². The van der Waals surface area contributed by atoms with Crippen LogP contribution in [0, 0.1) is 5.41 Å². The zero-order chi connectivity index (χ0) is 15.5. The van der Waals surface area contributed by atoms with E-state index in [9.17, 15) is 0 Å². The molecule has 2 heterocycles. The Labute approximate surface area is 134 Å². The monoisotopic (exact) mass is 312 g/mol. The van der Waals surface area contributed by atoms with E-state index in [4.69, 9.17) is 11.1 Å². The van der Waals surface area contributed by atoms with Crippen molar-refractivity contribution in [2.75, 3.05) is 11.4 Å². The lowest BCUT2D eigenvalue weighted by Gasteiger charge is -2.26. The van der Waals surface area contributed by atoms with Crippen LogP contribution in [0.4, 0.5) is 11.4 Å². The van der Waals surface area contributed by atoms with Crippen LogP contribution in [0.5, 0.6) is 0 Å². The molecule has 1 atom stereocenters. The molecule has 1 aliphatic rings. The van der Waals surface area contributed by atoms with E-state index in [1.165, 1.54) is 17.5 Å². The normalized spacial score (nSPS) is 15.7. The zero-order valence-corrected chi connectivity index (χ0v) is 13.4. The van der Waals surface area contributed by atoms with Gasteiger partial charge in [-0.2, -0.15) is 0 Å². The summed E-state index contributed by atoms with van der Waals surface area (Å²) in [5, 5.41) is 9.28. The van der Waals surface area contributed by atoms with Crippen molar-refractivity contribution in [3.05, 3.63) is 46.2 Å². The molecule has 0 saturated heterocycles. The first kappa shape index (κ1) is 14.8. The molecule has 0 radical (unpaired) electrons. The van der Waals surface area contributed by atoms with Crippen molar-refractivity contribution in [1.82, 2.24) is 0 Å². The fourth-order valence-corrected chi connectivity index (χ4v) is 3.48. The van der Waals surface area contributed by atoms with Gasteiger partial charge in [0.05, 0.1) is 10.6 Å². The average molecular weight is 312 g/mol. The van der Waals surface area contributed by atoms with Gasteiger partial charge in [0.15, 0.2) is 0 Å². The second-order valence-electron chi connectivity index (χ2n) is 5.52. The van der Waals surface area contributed by atoms with E-state index in [0.717, 1.165) is 30.0 Å². The summed E-state index contributed by atoms with van der Waals surface area (Å²) in [4.78, 5) is 7.91. The first-order chi connectivity index (χ1) is 10.7. The molecule has 0 fully saturated rings. The van der Waals surface area contributed by atoms with Gasteiger partial charge in [0.25, 0.3) is 0 Å². The Bertz CT molecular complexity index is 691. The maximum Gasteiger partial charge on any atom is 0.141 e. The highest BCUT2D eigenvalue weighted by Gasteiger charge is 2.23. The van der Waals surface area contributed by atoms with E-state index in [-0.39, 0.29) is 0 Å². The Morgan fingerprint density at radius 3 is 3.09 bits per heavy atom. The van der Waals surface area contributed by atoms with Crippen molar-refractivity contribution >= 4 is 34.8 Å². The summed E-state index contributed by atoms with van der Waals surface area (Å²) in [6, 6.07) is 10.6. The van der Waals surface area contributed by atoms with Gasteiger partial charge in [-0.25, -0.2) is 4.99 Å². The van der Waals surface area contributed by atoms with E-state index >= 15 is 0 Å². The van der Waals surface area contributed by atoms with Gasteiger partial charge in [0.1, 0.15) is 5.84 Å². The Morgan fingerprint density at radius 1 is 1.50 bits per heavy atom. The molecule has 4 nitrogen and oxygen atoms in total. The molecule has 0 spiro atoms. The molecule has 1 aromatic carbocycles. The quantitative estimate of drug-likeness (QED) is 0.654. The maximum atomic E-state index is 7.28. The van der Waals surface area contributed by atoms with E-state index in [0.29, 0.717) is 11.9 Å². The van der Waals surface area contributed by atoms with Crippen molar-refractivity contribution in [3.63, 3.8) is 0 Å². The summed E-state index contributed by atoms with van der Waals surface area (Å²) in [6.07, 6.45) is 3.30. The smallest absolute Gasteiger partial charge is 0.141 e. The highest BCUT2D eigenvalue weighted by molar-refractivity contribution is 7.12. The van der Waals surface area contributed by atoms with E-state index in [2.05, 4.69) is 28.9 Å². The highest BCUT2D eigenvalue weighted by Crippen LogP contribution is 2.33. The second kappa shape index (κ2) is 6.32. The molecule has 0 bridgehead atoms. The number of nitrogens with zero attached hydrogens (tertiary/aromatic N) is 2. The van der Waals surface area contributed by atoms with E-state index < -0.39 is 0 Å². The van der Waals surface area contributed by atoms with Crippen LogP contribution in [0.15, 0.2) is 40.7 Å². The van der Waals surface area contributed by atoms with Crippen LogP contribution >= 0.6 is 11.3 Å². The molecule has 114 valence electrons. The summed E-state index contributed by atoms with van der Waals surface area (Å²) < 4.78 is 0. The van der Waals surface area contributed by atoms with E-state index in [1.54, 1.807) is 11.3 Å². The maximum absolute atomic E-state index is 7.28. The lowest BCUT2D eigenvalue weighted by Crippen LogP contribution is -2.31. The van der Waals surface area contributed by atoms with Gasteiger partial charge in [-0.1, -0.05) is 6.07 Å². The summed E-state index contributed by atoms with van der Waals surface area (Å²) in [6.45, 7) is 3.18. The minimum Gasteiger partial charge on any atom is -0.383 e. The van der Waals surface area contributed by atoms with Crippen LogP contribution < -0.4 is 10.6 Å². The van der Waals surface area contributed by atoms with Crippen molar-refractivity contribution in [3.8, 4) is 0 Å². The topological polar surface area (TPSA) is 65.5 Å². The first-order valence-electron chi connectivity index (χ1n) is 7.45. The van der Waals surface area contributed by atoms with Gasteiger partial charge in [-0.15, -0.1) is 11.3 Å². The lowest BCUT2D eigenvalue weighted by molar-refractivity contribution is 0.680. The van der Waals surface area contributed by atoms with Crippen LogP contribution in [0.25, 0.3) is 0 Å². The molecule has 2 aromatic rings. The SMILES string of the molecule is CC(CC=N)N1CCc2cc(N=C(N)c3cccs3)ccc21. The molecule has 5 heteroatoms. The van der Waals surface area contributed by atoms with Crippen LogP contribution in [0.2, 0.25) is 0 Å². The molecular weight excluding hydrogens is 292 g/mol. The molecule has 1 unspecified atom stereocenters. The van der Waals surface area contributed by atoms with Crippen molar-refractivity contribution in [2.24, 2.45) is 10.7 Å². The van der Waals surface area contributed by atoms with Crippen molar-refractivity contribution in [2.45, 2.75) is 25.8 Å². The number of fused-ring (bicyclic) bond motifs is 1. The number of thiophene rings is 1. The number of nitrogens with two attached hydrogens (primary N) is 1. The third kappa shape index (κ3) is 2.90. The predicted octanol–water partition coefficient (Wildman–Crippen LogP) is 3.58. The molecule has 1 aliphatic heterocycles. The standard InChI is InChI=1S/C17H20N4S/c1-12(6-8-18)21-9-7-13-11-14(4-5-15(13)21)20-17(19)16-3-2-10-22-16/h2-5,8,10-12,18H,6-7,9H2,1H3,(H2,19,20). The van der Waals surface area contributed by atoms with Gasteiger partial charge in [-0.05, 0) is 54.8 Å². The average Bonchev–Trinajstić information content (AvgIpc) is 3.16. The first-order valence-corrected chi connectivity index (χ1v) is 8.33.